The fourth-order valence-electron chi connectivity index (χ4n) is 2.03. The molecule has 23 heavy (non-hydrogen) atoms. The molecule has 2 rings (SSSR count). The first kappa shape index (κ1) is 17.3. The van der Waals surface area contributed by atoms with Crippen LogP contribution in [-0.2, 0) is 10.0 Å². The molecular formula is C16H17ClN2O3S. The molecule has 0 atom stereocenters. The molecule has 0 aliphatic rings. The van der Waals surface area contributed by atoms with Gasteiger partial charge in [0.15, 0.2) is 0 Å². The minimum absolute atomic E-state index is 0.187. The van der Waals surface area contributed by atoms with Crippen LogP contribution in [0.25, 0.3) is 0 Å². The molecule has 5 nitrogen and oxygen atoms in total. The summed E-state index contributed by atoms with van der Waals surface area (Å²) in [6, 6.07) is 12.6. The molecule has 7 heteroatoms. The van der Waals surface area contributed by atoms with E-state index in [1.165, 1.54) is 31.3 Å². The van der Waals surface area contributed by atoms with Gasteiger partial charge in [0.05, 0.1) is 21.2 Å². The largest absolute Gasteiger partial charge is 0.352 e. The van der Waals surface area contributed by atoms with Gasteiger partial charge in [-0.25, -0.2) is 8.42 Å². The number of carbonyl (C=O) groups is 1. The third kappa shape index (κ3) is 3.65. The average molecular weight is 353 g/mol. The second kappa shape index (κ2) is 7.02. The van der Waals surface area contributed by atoms with Gasteiger partial charge in [0, 0.05) is 13.6 Å². The van der Waals surface area contributed by atoms with Gasteiger partial charge < -0.3 is 5.32 Å². The van der Waals surface area contributed by atoms with E-state index in [1.807, 2.05) is 0 Å². The van der Waals surface area contributed by atoms with Crippen molar-refractivity contribution >= 4 is 33.2 Å². The Hall–Kier alpha value is -2.05. The number of halogens is 1. The van der Waals surface area contributed by atoms with Crippen LogP contribution in [0.2, 0.25) is 5.02 Å². The Bertz CT molecular complexity index is 807. The van der Waals surface area contributed by atoms with Gasteiger partial charge in [0.25, 0.3) is 15.9 Å². The molecule has 1 N–H and O–H groups in total. The van der Waals surface area contributed by atoms with Gasteiger partial charge in [-0.3, -0.25) is 9.10 Å². The third-order valence-electron chi connectivity index (χ3n) is 3.30. The van der Waals surface area contributed by atoms with E-state index in [1.54, 1.807) is 31.2 Å². The number of hydrogen-bond donors (Lipinski definition) is 1. The van der Waals surface area contributed by atoms with Gasteiger partial charge in [-0.1, -0.05) is 29.8 Å². The van der Waals surface area contributed by atoms with Crippen molar-refractivity contribution in [2.45, 2.75) is 11.8 Å². The first-order valence-corrected chi connectivity index (χ1v) is 8.81. The molecule has 0 bridgehead atoms. The Morgan fingerprint density at radius 3 is 2.39 bits per heavy atom. The topological polar surface area (TPSA) is 66.5 Å². The summed E-state index contributed by atoms with van der Waals surface area (Å²) in [5.41, 5.74) is 0.690. The van der Waals surface area contributed by atoms with Crippen LogP contribution in [0.3, 0.4) is 0 Å². The maximum atomic E-state index is 12.6. The van der Waals surface area contributed by atoms with Gasteiger partial charge in [0.2, 0.25) is 0 Å². The number of carbonyl (C=O) groups excluding carboxylic acids is 1. The molecule has 0 aliphatic heterocycles. The van der Waals surface area contributed by atoms with E-state index in [9.17, 15) is 13.2 Å². The first-order valence-electron chi connectivity index (χ1n) is 6.99. The fourth-order valence-corrected chi connectivity index (χ4v) is 3.50. The van der Waals surface area contributed by atoms with Gasteiger partial charge >= 0.3 is 0 Å². The number of amides is 1. The van der Waals surface area contributed by atoms with E-state index >= 15 is 0 Å². The van der Waals surface area contributed by atoms with Gasteiger partial charge in [-0.05, 0) is 37.3 Å². The molecule has 2 aromatic carbocycles. The highest BCUT2D eigenvalue weighted by Gasteiger charge is 2.22. The molecule has 0 saturated heterocycles. The molecule has 0 saturated carbocycles. The molecule has 0 aliphatic carbocycles. The Morgan fingerprint density at radius 1 is 1.17 bits per heavy atom. The van der Waals surface area contributed by atoms with Crippen molar-refractivity contribution in [1.29, 1.82) is 0 Å². The smallest absolute Gasteiger partial charge is 0.264 e. The lowest BCUT2D eigenvalue weighted by atomic mass is 10.2. The van der Waals surface area contributed by atoms with Crippen LogP contribution in [0, 0.1) is 0 Å². The fraction of sp³-hybridized carbons (Fsp3) is 0.188. The van der Waals surface area contributed by atoms with E-state index in [0.717, 1.165) is 4.31 Å². The molecule has 1 amide bonds. The summed E-state index contributed by atoms with van der Waals surface area (Å²) < 4.78 is 26.3. The van der Waals surface area contributed by atoms with Crippen LogP contribution >= 0.6 is 11.6 Å². The van der Waals surface area contributed by atoms with Crippen molar-refractivity contribution in [2.24, 2.45) is 0 Å². The van der Waals surface area contributed by atoms with Crippen LogP contribution in [0.5, 0.6) is 0 Å². The summed E-state index contributed by atoms with van der Waals surface area (Å²) in [5.74, 6) is -0.294. The van der Waals surface area contributed by atoms with Crippen LogP contribution in [0.15, 0.2) is 53.4 Å². The van der Waals surface area contributed by atoms with E-state index < -0.39 is 10.0 Å². The predicted molar refractivity (Wildman–Crippen MR) is 91.5 cm³/mol. The normalized spacial score (nSPS) is 11.1. The predicted octanol–water partition coefficient (Wildman–Crippen LogP) is 2.91. The van der Waals surface area contributed by atoms with E-state index in [2.05, 4.69) is 5.32 Å². The summed E-state index contributed by atoms with van der Waals surface area (Å²) in [6.45, 7) is 2.29. The number of benzene rings is 2. The second-order valence-electron chi connectivity index (χ2n) is 4.81. The number of hydrogen-bond acceptors (Lipinski definition) is 3. The van der Waals surface area contributed by atoms with Crippen molar-refractivity contribution in [3.8, 4) is 0 Å². The summed E-state index contributed by atoms with van der Waals surface area (Å²) in [4.78, 5) is 12.0. The molecule has 0 heterocycles. The van der Waals surface area contributed by atoms with Crippen LogP contribution < -0.4 is 9.62 Å². The Kier molecular flexibility index (Phi) is 5.28. The molecule has 2 aromatic rings. The SMILES string of the molecule is CCNC(=O)c1ccc(N(C)S(=O)(=O)c2ccccc2)cc1Cl. The maximum absolute atomic E-state index is 12.6. The lowest BCUT2D eigenvalue weighted by molar-refractivity contribution is 0.0956. The zero-order valence-corrected chi connectivity index (χ0v) is 14.4. The van der Waals surface area contributed by atoms with E-state index in [0.29, 0.717) is 17.8 Å². The van der Waals surface area contributed by atoms with Crippen molar-refractivity contribution in [3.05, 3.63) is 59.1 Å². The number of rotatable bonds is 5. The van der Waals surface area contributed by atoms with E-state index in [-0.39, 0.29) is 15.8 Å². The Morgan fingerprint density at radius 2 is 1.83 bits per heavy atom. The minimum atomic E-state index is -3.68. The van der Waals surface area contributed by atoms with Crippen LogP contribution in [0.4, 0.5) is 5.69 Å². The molecular weight excluding hydrogens is 336 g/mol. The molecule has 122 valence electrons. The van der Waals surface area contributed by atoms with Crippen molar-refractivity contribution in [2.75, 3.05) is 17.9 Å². The standard InChI is InChI=1S/C16H17ClN2O3S/c1-3-18-16(20)14-10-9-12(11-15(14)17)19(2)23(21,22)13-7-5-4-6-8-13/h4-11H,3H2,1-2H3,(H,18,20). The Labute approximate surface area is 140 Å². The quantitative estimate of drug-likeness (QED) is 0.899. The number of nitrogens with one attached hydrogen (secondary N) is 1. The lowest BCUT2D eigenvalue weighted by Crippen LogP contribution is -2.27. The minimum Gasteiger partial charge on any atom is -0.352 e. The van der Waals surface area contributed by atoms with E-state index in [4.69, 9.17) is 11.6 Å². The lowest BCUT2D eigenvalue weighted by Gasteiger charge is -2.20. The van der Waals surface area contributed by atoms with Crippen LogP contribution in [0.1, 0.15) is 17.3 Å². The van der Waals surface area contributed by atoms with Crippen LogP contribution in [-0.4, -0.2) is 27.9 Å². The number of sulfonamides is 1. The summed E-state index contributed by atoms with van der Waals surface area (Å²) in [7, 11) is -2.23. The highest BCUT2D eigenvalue weighted by Crippen LogP contribution is 2.27. The first-order chi connectivity index (χ1) is 10.9. The highest BCUT2D eigenvalue weighted by molar-refractivity contribution is 7.92. The molecule has 0 spiro atoms. The average Bonchev–Trinajstić information content (AvgIpc) is 2.55. The van der Waals surface area contributed by atoms with Gasteiger partial charge in [-0.15, -0.1) is 0 Å². The zero-order valence-electron chi connectivity index (χ0n) is 12.8. The molecule has 0 radical (unpaired) electrons. The number of anilines is 1. The molecule has 0 fully saturated rings. The summed E-state index contributed by atoms with van der Waals surface area (Å²) >= 11 is 6.12. The zero-order chi connectivity index (χ0) is 17.0. The summed E-state index contributed by atoms with van der Waals surface area (Å²) in [5, 5.41) is 2.85. The third-order valence-corrected chi connectivity index (χ3v) is 5.41. The van der Waals surface area contributed by atoms with Gasteiger partial charge in [-0.2, -0.15) is 0 Å². The number of nitrogens with zero attached hydrogens (tertiary/aromatic N) is 1. The maximum Gasteiger partial charge on any atom is 0.264 e. The Balaban J connectivity index is 2.36. The van der Waals surface area contributed by atoms with Gasteiger partial charge in [0.1, 0.15) is 0 Å². The highest BCUT2D eigenvalue weighted by atomic mass is 35.5. The summed E-state index contributed by atoms with van der Waals surface area (Å²) in [6.07, 6.45) is 0. The second-order valence-corrected chi connectivity index (χ2v) is 7.19. The van der Waals surface area contributed by atoms with Crippen molar-refractivity contribution in [1.82, 2.24) is 5.32 Å². The van der Waals surface area contributed by atoms with Crippen molar-refractivity contribution < 1.29 is 13.2 Å². The monoisotopic (exact) mass is 352 g/mol. The van der Waals surface area contributed by atoms with Crippen molar-refractivity contribution in [3.63, 3.8) is 0 Å². The molecule has 0 unspecified atom stereocenters. The molecule has 0 aromatic heterocycles.